The average molecular weight is 475 g/mol. The maximum Gasteiger partial charge on any atom is 0.344 e. The van der Waals surface area contributed by atoms with E-state index in [0.29, 0.717) is 11.2 Å². The fourth-order valence-electron chi connectivity index (χ4n) is 4.63. The van der Waals surface area contributed by atoms with E-state index in [1.54, 1.807) is 0 Å². The van der Waals surface area contributed by atoms with Crippen molar-refractivity contribution in [3.8, 4) is 0 Å². The van der Waals surface area contributed by atoms with Crippen LogP contribution in [-0.4, -0.2) is 36.0 Å². The second kappa shape index (κ2) is 11.3. The standard InChI is InChI=1S/C26H33ClNO3P/c1-19-15-23(27)16-20(2)25(19)28-26(30)21(3)32(13-9-4-5-10-14-32)18-24(29)31-17-22-11-7-6-8-12-22/h6-8,11-12,15-16,21H,4-5,9-10,13-14,17-18H2,1-3H3/p+1. The first kappa shape index (κ1) is 24.7. The molecule has 1 unspecified atom stereocenters. The predicted octanol–water partition coefficient (Wildman–Crippen LogP) is 6.62. The van der Waals surface area contributed by atoms with Crippen LogP contribution in [0, 0.1) is 13.8 Å². The van der Waals surface area contributed by atoms with Gasteiger partial charge in [0.15, 0.2) is 6.16 Å². The molecule has 1 heterocycles. The number of carbonyl (C=O) groups is 2. The molecule has 6 heteroatoms. The molecule has 1 aliphatic heterocycles. The van der Waals surface area contributed by atoms with Gasteiger partial charge in [-0.3, -0.25) is 4.79 Å². The SMILES string of the molecule is Cc1cc(Cl)cc(C)c1NC(=O)C(C)[P+]1(CC(=O)OCc2ccccc2)CCCCCC1. The third-order valence-electron chi connectivity index (χ3n) is 6.59. The van der Waals surface area contributed by atoms with E-state index in [9.17, 15) is 9.59 Å². The molecule has 0 radical (unpaired) electrons. The molecule has 1 saturated heterocycles. The molecule has 1 N–H and O–H groups in total. The second-order valence-corrected chi connectivity index (χ2v) is 13.8. The number of hydrogen-bond donors (Lipinski definition) is 1. The first-order chi connectivity index (χ1) is 15.3. The molecule has 1 fully saturated rings. The zero-order valence-corrected chi connectivity index (χ0v) is 21.0. The van der Waals surface area contributed by atoms with E-state index < -0.39 is 7.26 Å². The first-order valence-corrected chi connectivity index (χ1v) is 14.2. The van der Waals surface area contributed by atoms with Gasteiger partial charge >= 0.3 is 5.97 Å². The number of benzene rings is 2. The highest BCUT2D eigenvalue weighted by Crippen LogP contribution is 2.65. The fourth-order valence-corrected chi connectivity index (χ4v) is 9.42. The molecule has 2 aromatic rings. The van der Waals surface area contributed by atoms with Crippen LogP contribution < -0.4 is 5.32 Å². The molecule has 4 nitrogen and oxygen atoms in total. The van der Waals surface area contributed by atoms with Crippen LogP contribution in [0.5, 0.6) is 0 Å². The van der Waals surface area contributed by atoms with Crippen molar-refractivity contribution in [3.63, 3.8) is 0 Å². The Morgan fingerprint density at radius 1 is 1.03 bits per heavy atom. The Bertz CT molecular complexity index is 916. The lowest BCUT2D eigenvalue weighted by atomic mass is 10.1. The topological polar surface area (TPSA) is 55.4 Å². The number of nitrogens with one attached hydrogen (secondary N) is 1. The molecule has 3 rings (SSSR count). The summed E-state index contributed by atoms with van der Waals surface area (Å²) in [5.74, 6) is -0.174. The van der Waals surface area contributed by atoms with Gasteiger partial charge < -0.3 is 10.1 Å². The van der Waals surface area contributed by atoms with Gasteiger partial charge in [-0.05, 0) is 75.3 Å². The Hall–Kier alpha value is -1.90. The third kappa shape index (κ3) is 6.33. The minimum atomic E-state index is -1.85. The number of esters is 1. The van der Waals surface area contributed by atoms with Crippen molar-refractivity contribution in [2.75, 3.05) is 23.8 Å². The van der Waals surface area contributed by atoms with Crippen molar-refractivity contribution < 1.29 is 14.3 Å². The van der Waals surface area contributed by atoms with Crippen LogP contribution in [0.2, 0.25) is 5.02 Å². The molecule has 1 amide bonds. The van der Waals surface area contributed by atoms with E-state index in [-0.39, 0.29) is 24.1 Å². The highest BCUT2D eigenvalue weighted by molar-refractivity contribution is 7.78. The average Bonchev–Trinajstić information content (AvgIpc) is 3.01. The van der Waals surface area contributed by atoms with E-state index in [2.05, 4.69) is 5.32 Å². The van der Waals surface area contributed by atoms with Gasteiger partial charge in [-0.15, -0.1) is 0 Å². The molecule has 172 valence electrons. The molecule has 0 saturated carbocycles. The highest BCUT2D eigenvalue weighted by atomic mass is 35.5. The van der Waals surface area contributed by atoms with Gasteiger partial charge in [0.25, 0.3) is 5.91 Å². The van der Waals surface area contributed by atoms with Crippen LogP contribution in [0.3, 0.4) is 0 Å². The zero-order chi connectivity index (χ0) is 23.1. The summed E-state index contributed by atoms with van der Waals surface area (Å²) in [6.45, 7) is 6.20. The van der Waals surface area contributed by atoms with Crippen molar-refractivity contribution >= 4 is 36.4 Å². The summed E-state index contributed by atoms with van der Waals surface area (Å²) < 4.78 is 5.64. The molecule has 0 aromatic heterocycles. The normalized spacial score (nSPS) is 16.6. The Morgan fingerprint density at radius 3 is 2.22 bits per heavy atom. The molecule has 0 bridgehead atoms. The summed E-state index contributed by atoms with van der Waals surface area (Å²) in [5, 5.41) is 3.82. The van der Waals surface area contributed by atoms with E-state index in [1.807, 2.05) is 63.2 Å². The van der Waals surface area contributed by atoms with Crippen LogP contribution >= 0.6 is 18.9 Å². The van der Waals surface area contributed by atoms with Crippen LogP contribution in [0.4, 0.5) is 5.69 Å². The molecule has 32 heavy (non-hydrogen) atoms. The largest absolute Gasteiger partial charge is 0.458 e. The lowest BCUT2D eigenvalue weighted by molar-refractivity contribution is -0.141. The van der Waals surface area contributed by atoms with Crippen LogP contribution in [0.25, 0.3) is 0 Å². The molecular formula is C26H34ClNO3P+. The number of carbonyl (C=O) groups excluding carboxylic acids is 2. The molecule has 0 spiro atoms. The Morgan fingerprint density at radius 2 is 1.62 bits per heavy atom. The lowest BCUT2D eigenvalue weighted by Gasteiger charge is -2.31. The monoisotopic (exact) mass is 474 g/mol. The molecule has 2 aromatic carbocycles. The van der Waals surface area contributed by atoms with E-state index in [1.165, 1.54) is 12.8 Å². The summed E-state index contributed by atoms with van der Waals surface area (Å²) in [4.78, 5) is 26.3. The number of aryl methyl sites for hydroxylation is 2. The summed E-state index contributed by atoms with van der Waals surface area (Å²) in [6.07, 6.45) is 6.83. The quantitative estimate of drug-likeness (QED) is 0.362. The van der Waals surface area contributed by atoms with Gasteiger partial charge in [0.2, 0.25) is 0 Å². The summed E-state index contributed by atoms with van der Waals surface area (Å²) in [6, 6.07) is 13.5. The first-order valence-electron chi connectivity index (χ1n) is 11.4. The molecule has 0 aliphatic carbocycles. The minimum Gasteiger partial charge on any atom is -0.458 e. The number of halogens is 1. The van der Waals surface area contributed by atoms with Gasteiger partial charge in [-0.25, -0.2) is 4.79 Å². The van der Waals surface area contributed by atoms with E-state index in [4.69, 9.17) is 16.3 Å². The van der Waals surface area contributed by atoms with Crippen molar-refractivity contribution in [3.05, 3.63) is 64.2 Å². The van der Waals surface area contributed by atoms with Crippen molar-refractivity contribution in [1.29, 1.82) is 0 Å². The number of ether oxygens (including phenoxy) is 1. The fraction of sp³-hybridized carbons (Fsp3) is 0.462. The predicted molar refractivity (Wildman–Crippen MR) is 135 cm³/mol. The summed E-state index contributed by atoms with van der Waals surface area (Å²) in [7, 11) is -1.85. The molecular weight excluding hydrogens is 441 g/mol. The number of hydrogen-bond acceptors (Lipinski definition) is 3. The van der Waals surface area contributed by atoms with Crippen LogP contribution in [0.15, 0.2) is 42.5 Å². The number of rotatable bonds is 7. The maximum absolute atomic E-state index is 13.4. The van der Waals surface area contributed by atoms with Gasteiger partial charge in [0.1, 0.15) is 12.3 Å². The lowest BCUT2D eigenvalue weighted by Crippen LogP contribution is -2.34. The van der Waals surface area contributed by atoms with Crippen LogP contribution in [0.1, 0.15) is 49.3 Å². The van der Waals surface area contributed by atoms with Gasteiger partial charge in [0.05, 0.1) is 12.3 Å². The Labute approximate surface area is 197 Å². The maximum atomic E-state index is 13.4. The highest BCUT2D eigenvalue weighted by Gasteiger charge is 2.49. The summed E-state index contributed by atoms with van der Waals surface area (Å²) in [5.41, 5.74) is 3.51. The van der Waals surface area contributed by atoms with Crippen molar-refractivity contribution in [2.24, 2.45) is 0 Å². The Kier molecular flexibility index (Phi) is 8.73. The summed E-state index contributed by atoms with van der Waals surface area (Å²) >= 11 is 6.16. The minimum absolute atomic E-state index is 0.00427. The van der Waals surface area contributed by atoms with Crippen molar-refractivity contribution in [1.82, 2.24) is 0 Å². The van der Waals surface area contributed by atoms with Gasteiger partial charge in [0, 0.05) is 18.0 Å². The van der Waals surface area contributed by atoms with Crippen molar-refractivity contribution in [2.45, 2.75) is 58.7 Å². The zero-order valence-electron chi connectivity index (χ0n) is 19.3. The van der Waals surface area contributed by atoms with E-state index in [0.717, 1.165) is 47.5 Å². The third-order valence-corrected chi connectivity index (χ3v) is 12.0. The number of anilines is 1. The smallest absolute Gasteiger partial charge is 0.344 e. The Balaban J connectivity index is 1.74. The van der Waals surface area contributed by atoms with Gasteiger partial charge in [-0.1, -0.05) is 41.9 Å². The van der Waals surface area contributed by atoms with Crippen LogP contribution in [-0.2, 0) is 20.9 Å². The second-order valence-electron chi connectivity index (χ2n) is 8.96. The number of amides is 1. The molecule has 1 atom stereocenters. The molecule has 1 aliphatic rings. The van der Waals surface area contributed by atoms with Gasteiger partial charge in [-0.2, -0.15) is 0 Å². The van der Waals surface area contributed by atoms with E-state index >= 15 is 0 Å².